The molecule has 1 aromatic heterocycles. The molecule has 2 aliphatic rings. The smallest absolute Gasteiger partial charge is 0.256 e. The second kappa shape index (κ2) is 9.26. The van der Waals surface area contributed by atoms with Crippen LogP contribution in [0.25, 0.3) is 0 Å². The monoisotopic (exact) mass is 409 g/mol. The number of pyridine rings is 1. The van der Waals surface area contributed by atoms with Crippen LogP contribution in [0, 0.1) is 6.92 Å². The molecule has 2 aromatic rings. The summed E-state index contributed by atoms with van der Waals surface area (Å²) in [6.07, 6.45) is 5.22. The minimum Gasteiger partial charge on any atom is -0.491 e. The fourth-order valence-corrected chi connectivity index (χ4v) is 3.95. The molecule has 3 heterocycles. The molecule has 0 aliphatic carbocycles. The van der Waals surface area contributed by atoms with Gasteiger partial charge in [0.1, 0.15) is 12.4 Å². The molecule has 1 aromatic carbocycles. The summed E-state index contributed by atoms with van der Waals surface area (Å²) < 4.78 is 11.3. The zero-order valence-corrected chi connectivity index (χ0v) is 17.3. The summed E-state index contributed by atoms with van der Waals surface area (Å²) in [5, 5.41) is 0. The normalized spacial score (nSPS) is 19.0. The molecule has 7 heteroatoms. The van der Waals surface area contributed by atoms with Crippen molar-refractivity contribution in [2.75, 3.05) is 39.5 Å². The van der Waals surface area contributed by atoms with E-state index in [0.717, 1.165) is 24.9 Å². The Bertz CT molecular complexity index is 894. The molecule has 1 unspecified atom stereocenters. The van der Waals surface area contributed by atoms with Crippen LogP contribution in [0.1, 0.15) is 39.1 Å². The van der Waals surface area contributed by atoms with Crippen LogP contribution in [-0.4, -0.2) is 72.1 Å². The van der Waals surface area contributed by atoms with Gasteiger partial charge in [0.25, 0.3) is 11.8 Å². The van der Waals surface area contributed by atoms with Gasteiger partial charge in [-0.05, 0) is 55.7 Å². The number of carbonyl (C=O) groups is 2. The molecule has 4 rings (SSSR count). The zero-order valence-electron chi connectivity index (χ0n) is 17.3. The molecule has 1 atom stereocenters. The third kappa shape index (κ3) is 4.46. The van der Waals surface area contributed by atoms with E-state index in [2.05, 4.69) is 4.98 Å². The molecule has 2 aliphatic heterocycles. The van der Waals surface area contributed by atoms with E-state index in [1.165, 1.54) is 0 Å². The van der Waals surface area contributed by atoms with Crippen molar-refractivity contribution in [1.29, 1.82) is 0 Å². The third-order valence-corrected chi connectivity index (χ3v) is 5.75. The van der Waals surface area contributed by atoms with Gasteiger partial charge in [-0.2, -0.15) is 0 Å². The summed E-state index contributed by atoms with van der Waals surface area (Å²) in [4.78, 5) is 33.3. The number of aromatic nitrogens is 1. The lowest BCUT2D eigenvalue weighted by molar-refractivity contribution is 0.0303. The second-order valence-electron chi connectivity index (χ2n) is 7.73. The molecule has 7 nitrogen and oxygen atoms in total. The molecule has 2 fully saturated rings. The van der Waals surface area contributed by atoms with Gasteiger partial charge in [0.15, 0.2) is 0 Å². The summed E-state index contributed by atoms with van der Waals surface area (Å²) in [5.74, 6) is 0.729. The quantitative estimate of drug-likeness (QED) is 0.759. The molecule has 0 N–H and O–H groups in total. The number of ether oxygens (including phenoxy) is 2. The minimum absolute atomic E-state index is 0.0122. The van der Waals surface area contributed by atoms with E-state index in [0.29, 0.717) is 49.8 Å². The Morgan fingerprint density at radius 1 is 1.10 bits per heavy atom. The van der Waals surface area contributed by atoms with Crippen LogP contribution in [-0.2, 0) is 4.74 Å². The van der Waals surface area contributed by atoms with Gasteiger partial charge in [-0.15, -0.1) is 0 Å². The van der Waals surface area contributed by atoms with Crippen LogP contribution in [0.4, 0.5) is 0 Å². The van der Waals surface area contributed by atoms with Gasteiger partial charge in [-0.3, -0.25) is 14.6 Å². The first kappa shape index (κ1) is 20.3. The number of carbonyl (C=O) groups excluding carboxylic acids is 2. The van der Waals surface area contributed by atoms with Crippen molar-refractivity contribution in [3.8, 4) is 5.75 Å². The average Bonchev–Trinajstić information content (AvgIpc) is 3.27. The predicted octanol–water partition coefficient (Wildman–Crippen LogP) is 2.55. The highest BCUT2D eigenvalue weighted by Crippen LogP contribution is 2.23. The van der Waals surface area contributed by atoms with Gasteiger partial charge in [0.05, 0.1) is 24.8 Å². The Labute approximate surface area is 176 Å². The molecule has 0 bridgehead atoms. The maximum atomic E-state index is 12.9. The number of hydrogen-bond donors (Lipinski definition) is 0. The zero-order chi connectivity index (χ0) is 20.9. The molecule has 158 valence electrons. The minimum atomic E-state index is 0.0122. The van der Waals surface area contributed by atoms with Crippen LogP contribution in [0.5, 0.6) is 5.75 Å². The largest absolute Gasteiger partial charge is 0.491 e. The fourth-order valence-electron chi connectivity index (χ4n) is 3.95. The van der Waals surface area contributed by atoms with E-state index in [1.54, 1.807) is 24.5 Å². The van der Waals surface area contributed by atoms with E-state index in [1.807, 2.05) is 34.9 Å². The molecule has 0 spiro atoms. The Balaban J connectivity index is 1.35. The number of rotatable bonds is 5. The van der Waals surface area contributed by atoms with E-state index in [9.17, 15) is 9.59 Å². The second-order valence-corrected chi connectivity index (χ2v) is 7.73. The predicted molar refractivity (Wildman–Crippen MR) is 112 cm³/mol. The SMILES string of the molecule is Cc1ccncc1C(=O)N1CCCC1COc1ccc(C(=O)N2CCOCC2)cc1. The van der Waals surface area contributed by atoms with Gasteiger partial charge in [0.2, 0.25) is 0 Å². The van der Waals surface area contributed by atoms with Gasteiger partial charge in [-0.25, -0.2) is 0 Å². The Morgan fingerprint density at radius 3 is 2.60 bits per heavy atom. The molecule has 0 saturated carbocycles. The number of nitrogens with zero attached hydrogens (tertiary/aromatic N) is 3. The van der Waals surface area contributed by atoms with Crippen LogP contribution in [0.3, 0.4) is 0 Å². The molecule has 30 heavy (non-hydrogen) atoms. The lowest BCUT2D eigenvalue weighted by Gasteiger charge is -2.27. The molecular formula is C23H27N3O4. The highest BCUT2D eigenvalue weighted by molar-refractivity contribution is 5.95. The fraction of sp³-hybridized carbons (Fsp3) is 0.435. The van der Waals surface area contributed by atoms with Gasteiger partial charge >= 0.3 is 0 Å². The van der Waals surface area contributed by atoms with E-state index >= 15 is 0 Å². The average molecular weight is 409 g/mol. The molecular weight excluding hydrogens is 382 g/mol. The van der Waals surface area contributed by atoms with Crippen molar-refractivity contribution in [3.05, 3.63) is 59.4 Å². The molecule has 2 amide bonds. The number of benzene rings is 1. The standard InChI is InChI=1S/C23H27N3O4/c1-17-8-9-24-15-21(17)23(28)26-10-2-3-19(26)16-30-20-6-4-18(5-7-20)22(27)25-11-13-29-14-12-25/h4-9,15,19H,2-3,10-14,16H2,1H3. The summed E-state index contributed by atoms with van der Waals surface area (Å²) in [6, 6.07) is 9.12. The van der Waals surface area contributed by atoms with Gasteiger partial charge in [0, 0.05) is 37.6 Å². The number of aryl methyl sites for hydroxylation is 1. The van der Waals surface area contributed by atoms with Crippen LogP contribution in [0.2, 0.25) is 0 Å². The number of morpholine rings is 1. The maximum absolute atomic E-state index is 12.9. The number of hydrogen-bond acceptors (Lipinski definition) is 5. The summed E-state index contributed by atoms with van der Waals surface area (Å²) >= 11 is 0. The van der Waals surface area contributed by atoms with Crippen molar-refractivity contribution in [3.63, 3.8) is 0 Å². The highest BCUT2D eigenvalue weighted by Gasteiger charge is 2.30. The van der Waals surface area contributed by atoms with E-state index in [4.69, 9.17) is 9.47 Å². The Morgan fingerprint density at radius 2 is 1.87 bits per heavy atom. The van der Waals surface area contributed by atoms with Gasteiger partial charge in [-0.1, -0.05) is 0 Å². The third-order valence-electron chi connectivity index (χ3n) is 5.75. The lowest BCUT2D eigenvalue weighted by atomic mass is 10.1. The van der Waals surface area contributed by atoms with Crippen LogP contribution in [0.15, 0.2) is 42.7 Å². The van der Waals surface area contributed by atoms with Crippen LogP contribution < -0.4 is 4.74 Å². The van der Waals surface area contributed by atoms with Gasteiger partial charge < -0.3 is 19.3 Å². The van der Waals surface area contributed by atoms with Crippen molar-refractivity contribution in [1.82, 2.24) is 14.8 Å². The maximum Gasteiger partial charge on any atom is 0.256 e. The van der Waals surface area contributed by atoms with Crippen molar-refractivity contribution >= 4 is 11.8 Å². The summed E-state index contributed by atoms with van der Waals surface area (Å²) in [7, 11) is 0. The summed E-state index contributed by atoms with van der Waals surface area (Å²) in [6.45, 7) is 5.51. The first-order valence-corrected chi connectivity index (χ1v) is 10.4. The van der Waals surface area contributed by atoms with E-state index in [-0.39, 0.29) is 17.9 Å². The van der Waals surface area contributed by atoms with Crippen molar-refractivity contribution in [2.24, 2.45) is 0 Å². The first-order valence-electron chi connectivity index (χ1n) is 10.4. The molecule has 2 saturated heterocycles. The van der Waals surface area contributed by atoms with Crippen molar-refractivity contribution in [2.45, 2.75) is 25.8 Å². The topological polar surface area (TPSA) is 72.0 Å². The number of likely N-dealkylation sites (tertiary alicyclic amines) is 1. The van der Waals surface area contributed by atoms with Crippen molar-refractivity contribution < 1.29 is 19.1 Å². The number of amides is 2. The Hall–Kier alpha value is -2.93. The Kier molecular flexibility index (Phi) is 6.28. The summed E-state index contributed by atoms with van der Waals surface area (Å²) in [5.41, 5.74) is 2.23. The van der Waals surface area contributed by atoms with E-state index < -0.39 is 0 Å². The first-order chi connectivity index (χ1) is 14.6. The molecule has 0 radical (unpaired) electrons. The van der Waals surface area contributed by atoms with Crippen LogP contribution >= 0.6 is 0 Å². The lowest BCUT2D eigenvalue weighted by Crippen LogP contribution is -2.40. The highest BCUT2D eigenvalue weighted by atomic mass is 16.5.